The molecule has 6 heteroatoms. The molecule has 1 fully saturated rings. The summed E-state index contributed by atoms with van der Waals surface area (Å²) in [6.45, 7) is 1.94. The number of carbonyl (C=O) groups is 1. The number of halogens is 1. The predicted octanol–water partition coefficient (Wildman–Crippen LogP) is 4.56. The maximum Gasteiger partial charge on any atom is 0.258 e. The van der Waals surface area contributed by atoms with E-state index in [1.807, 2.05) is 66.4 Å². The number of anilines is 1. The van der Waals surface area contributed by atoms with Gasteiger partial charge in [0, 0.05) is 11.7 Å². The molecule has 1 N–H and O–H groups in total. The number of hydrogen-bond donors (Lipinski definition) is 1. The number of carbonyl (C=O) groups excluding carboxylic acids is 1. The molecule has 1 aromatic heterocycles. The van der Waals surface area contributed by atoms with Crippen LogP contribution in [0.2, 0.25) is 5.15 Å². The van der Waals surface area contributed by atoms with Crippen molar-refractivity contribution in [1.82, 2.24) is 14.7 Å². The molecule has 2 aliphatic rings. The fraction of sp³-hybridized carbons (Fsp3) is 0.238. The summed E-state index contributed by atoms with van der Waals surface area (Å²) in [6.07, 6.45) is 1.73. The third kappa shape index (κ3) is 2.61. The molecular formula is C21H19ClN4O. The lowest BCUT2D eigenvalue weighted by atomic mass is 10.0. The lowest BCUT2D eigenvalue weighted by molar-refractivity contribution is 0.0666. The van der Waals surface area contributed by atoms with Gasteiger partial charge in [-0.3, -0.25) is 4.79 Å². The van der Waals surface area contributed by atoms with Crippen molar-refractivity contribution in [2.24, 2.45) is 0 Å². The highest BCUT2D eigenvalue weighted by Crippen LogP contribution is 2.43. The van der Waals surface area contributed by atoms with Gasteiger partial charge in [0.05, 0.1) is 22.5 Å². The Bertz CT molecular complexity index is 1030. The average Bonchev–Trinajstić information content (AvgIpc) is 3.47. The van der Waals surface area contributed by atoms with Crippen molar-refractivity contribution in [2.45, 2.75) is 32.0 Å². The number of fused-ring (bicyclic) bond motifs is 1. The Hall–Kier alpha value is -2.79. The maximum atomic E-state index is 13.2. The molecule has 1 saturated carbocycles. The topological polar surface area (TPSA) is 50.2 Å². The van der Waals surface area contributed by atoms with Crippen LogP contribution in [-0.4, -0.2) is 26.6 Å². The monoisotopic (exact) mass is 378 g/mol. The Balaban J connectivity index is 1.63. The Morgan fingerprint density at radius 3 is 2.52 bits per heavy atom. The van der Waals surface area contributed by atoms with Crippen LogP contribution in [0.25, 0.3) is 5.69 Å². The van der Waals surface area contributed by atoms with Gasteiger partial charge in [-0.05, 0) is 44.0 Å². The Morgan fingerprint density at radius 2 is 1.78 bits per heavy atom. The molecule has 2 heterocycles. The molecule has 1 unspecified atom stereocenters. The number of aryl methyl sites for hydroxylation is 1. The van der Waals surface area contributed by atoms with E-state index in [0.29, 0.717) is 10.7 Å². The molecular weight excluding hydrogens is 360 g/mol. The van der Waals surface area contributed by atoms with Crippen LogP contribution in [0.5, 0.6) is 0 Å². The van der Waals surface area contributed by atoms with E-state index in [0.717, 1.165) is 35.5 Å². The summed E-state index contributed by atoms with van der Waals surface area (Å²) >= 11 is 6.79. The zero-order valence-corrected chi connectivity index (χ0v) is 15.6. The van der Waals surface area contributed by atoms with Crippen LogP contribution in [-0.2, 0) is 0 Å². The molecule has 136 valence electrons. The number of amides is 1. The van der Waals surface area contributed by atoms with E-state index in [4.69, 9.17) is 11.6 Å². The molecule has 1 aliphatic carbocycles. The number of benzene rings is 2. The summed E-state index contributed by atoms with van der Waals surface area (Å²) < 4.78 is 1.74. The van der Waals surface area contributed by atoms with Crippen molar-refractivity contribution in [3.05, 3.63) is 76.6 Å². The van der Waals surface area contributed by atoms with Crippen molar-refractivity contribution >= 4 is 23.2 Å². The van der Waals surface area contributed by atoms with Crippen LogP contribution in [0.1, 0.15) is 40.6 Å². The van der Waals surface area contributed by atoms with Crippen LogP contribution in [0.4, 0.5) is 5.69 Å². The van der Waals surface area contributed by atoms with Gasteiger partial charge in [-0.2, -0.15) is 5.10 Å². The van der Waals surface area contributed by atoms with E-state index < -0.39 is 0 Å². The number of nitrogens with one attached hydrogen (secondary N) is 1. The van der Waals surface area contributed by atoms with Crippen molar-refractivity contribution in [3.63, 3.8) is 0 Å². The summed E-state index contributed by atoms with van der Waals surface area (Å²) in [6, 6.07) is 17.7. The molecule has 0 radical (unpaired) electrons. The van der Waals surface area contributed by atoms with Crippen molar-refractivity contribution in [3.8, 4) is 5.69 Å². The molecule has 0 bridgehead atoms. The molecule has 5 nitrogen and oxygen atoms in total. The van der Waals surface area contributed by atoms with Crippen LogP contribution < -0.4 is 5.32 Å². The minimum absolute atomic E-state index is 0.0553. The lowest BCUT2D eigenvalue weighted by Crippen LogP contribution is -2.44. The number of para-hydroxylation sites is 2. The van der Waals surface area contributed by atoms with Gasteiger partial charge in [0.1, 0.15) is 11.3 Å². The summed E-state index contributed by atoms with van der Waals surface area (Å²) in [7, 11) is 0. The second-order valence-corrected chi connectivity index (χ2v) is 7.43. The van der Waals surface area contributed by atoms with Crippen LogP contribution in [0.15, 0.2) is 54.6 Å². The molecule has 0 saturated heterocycles. The van der Waals surface area contributed by atoms with Crippen molar-refractivity contribution < 1.29 is 4.79 Å². The highest BCUT2D eigenvalue weighted by atomic mass is 35.5. The van der Waals surface area contributed by atoms with Gasteiger partial charge in [0.2, 0.25) is 0 Å². The van der Waals surface area contributed by atoms with Crippen LogP contribution in [0, 0.1) is 6.92 Å². The molecule has 1 atom stereocenters. The van der Waals surface area contributed by atoms with Gasteiger partial charge in [-0.15, -0.1) is 0 Å². The lowest BCUT2D eigenvalue weighted by Gasteiger charge is -2.38. The SMILES string of the molecule is Cc1nn(-c2ccccc2)c(Cl)c1C1Nc2ccccc2C(=O)N1C1CC1. The third-order valence-corrected chi connectivity index (χ3v) is 5.59. The molecule has 1 aliphatic heterocycles. The number of hydrogen-bond acceptors (Lipinski definition) is 3. The normalized spacial score (nSPS) is 19.0. The first-order valence-corrected chi connectivity index (χ1v) is 9.51. The van der Waals surface area contributed by atoms with E-state index in [2.05, 4.69) is 10.4 Å². The Labute approximate surface area is 162 Å². The summed E-state index contributed by atoms with van der Waals surface area (Å²) in [4.78, 5) is 15.1. The molecule has 0 spiro atoms. The largest absolute Gasteiger partial charge is 0.361 e. The maximum absolute atomic E-state index is 13.2. The number of nitrogens with zero attached hydrogens (tertiary/aromatic N) is 3. The standard InChI is InChI=1S/C21H19ClN4O/c1-13-18(19(22)26(24-13)15-7-3-2-4-8-15)20-23-17-10-6-5-9-16(17)21(27)25(20)14-11-12-14/h2-10,14,20,23H,11-12H2,1H3. The summed E-state index contributed by atoms with van der Waals surface area (Å²) in [5, 5.41) is 8.72. The predicted molar refractivity (Wildman–Crippen MR) is 105 cm³/mol. The molecule has 3 aromatic rings. The highest BCUT2D eigenvalue weighted by Gasteiger charge is 2.44. The van der Waals surface area contributed by atoms with E-state index in [1.54, 1.807) is 4.68 Å². The highest BCUT2D eigenvalue weighted by molar-refractivity contribution is 6.30. The van der Waals surface area contributed by atoms with E-state index in [1.165, 1.54) is 0 Å². The first kappa shape index (κ1) is 16.4. The van der Waals surface area contributed by atoms with E-state index in [9.17, 15) is 4.79 Å². The van der Waals surface area contributed by atoms with Gasteiger partial charge >= 0.3 is 0 Å². The summed E-state index contributed by atoms with van der Waals surface area (Å²) in [5.41, 5.74) is 4.13. The average molecular weight is 379 g/mol. The minimum Gasteiger partial charge on any atom is -0.361 e. The zero-order chi connectivity index (χ0) is 18.5. The van der Waals surface area contributed by atoms with Crippen LogP contribution in [0.3, 0.4) is 0 Å². The van der Waals surface area contributed by atoms with Gasteiger partial charge in [0.15, 0.2) is 0 Å². The third-order valence-electron chi connectivity index (χ3n) is 5.22. The second-order valence-electron chi connectivity index (χ2n) is 7.07. The van der Waals surface area contributed by atoms with Gasteiger partial charge in [0.25, 0.3) is 5.91 Å². The van der Waals surface area contributed by atoms with Gasteiger partial charge in [-0.25, -0.2) is 4.68 Å². The first-order valence-electron chi connectivity index (χ1n) is 9.14. The quantitative estimate of drug-likeness (QED) is 0.726. The fourth-order valence-electron chi connectivity index (χ4n) is 3.77. The molecule has 1 amide bonds. The zero-order valence-electron chi connectivity index (χ0n) is 14.9. The molecule has 2 aromatic carbocycles. The van der Waals surface area contributed by atoms with Crippen molar-refractivity contribution in [2.75, 3.05) is 5.32 Å². The first-order chi connectivity index (χ1) is 13.1. The Morgan fingerprint density at radius 1 is 1.07 bits per heavy atom. The van der Waals surface area contributed by atoms with Gasteiger partial charge in [-0.1, -0.05) is 41.9 Å². The number of rotatable bonds is 3. The summed E-state index contributed by atoms with van der Waals surface area (Å²) in [5.74, 6) is 0.0553. The van der Waals surface area contributed by atoms with Crippen LogP contribution >= 0.6 is 11.6 Å². The van der Waals surface area contributed by atoms with E-state index >= 15 is 0 Å². The molecule has 5 rings (SSSR count). The minimum atomic E-state index is -0.315. The van der Waals surface area contributed by atoms with E-state index in [-0.39, 0.29) is 18.1 Å². The van der Waals surface area contributed by atoms with Crippen molar-refractivity contribution in [1.29, 1.82) is 0 Å². The molecule has 27 heavy (non-hydrogen) atoms. The van der Waals surface area contributed by atoms with Gasteiger partial charge < -0.3 is 10.2 Å². The second kappa shape index (κ2) is 6.13. The number of aromatic nitrogens is 2. The fourth-order valence-corrected chi connectivity index (χ4v) is 4.15. The smallest absolute Gasteiger partial charge is 0.258 e. The Kier molecular flexibility index (Phi) is 3.72.